The number of nitrogens with zero attached hydrogens (tertiary/aromatic N) is 1. The summed E-state index contributed by atoms with van der Waals surface area (Å²) < 4.78 is 0. The Hall–Kier alpha value is -1.96. The largest absolute Gasteiger partial charge is 0.397 e. The maximum absolute atomic E-state index is 6.12. The third-order valence-electron chi connectivity index (χ3n) is 3.59. The van der Waals surface area contributed by atoms with E-state index in [1.165, 1.54) is 30.5 Å². The zero-order valence-corrected chi connectivity index (χ0v) is 10.5. The number of nitrogen functional groups attached to an aromatic ring is 1. The lowest BCUT2D eigenvalue weighted by Gasteiger charge is -2.26. The van der Waals surface area contributed by atoms with Gasteiger partial charge in [0.05, 0.1) is 11.4 Å². The van der Waals surface area contributed by atoms with Crippen LogP contribution in [0, 0.1) is 0 Å². The molecule has 2 aromatic rings. The number of hydrogen-bond donors (Lipinski definition) is 1. The van der Waals surface area contributed by atoms with Crippen LogP contribution in [0.25, 0.3) is 0 Å². The van der Waals surface area contributed by atoms with Gasteiger partial charge in [-0.15, -0.1) is 0 Å². The van der Waals surface area contributed by atoms with E-state index in [4.69, 9.17) is 5.73 Å². The summed E-state index contributed by atoms with van der Waals surface area (Å²) in [6, 6.07) is 16.8. The molecule has 1 aliphatic heterocycles. The number of aryl methyl sites for hydroxylation is 1. The summed E-state index contributed by atoms with van der Waals surface area (Å²) in [6.07, 6.45) is 3.63. The SMILES string of the molecule is Nc1ccccc1N1CCCCc2ccccc21. The van der Waals surface area contributed by atoms with E-state index in [9.17, 15) is 0 Å². The Kier molecular flexibility index (Phi) is 2.93. The molecule has 1 aliphatic rings. The third kappa shape index (κ3) is 1.94. The molecule has 0 spiro atoms. The van der Waals surface area contributed by atoms with Gasteiger partial charge in [-0.05, 0) is 43.0 Å². The van der Waals surface area contributed by atoms with Gasteiger partial charge in [0.25, 0.3) is 0 Å². The van der Waals surface area contributed by atoms with Crippen LogP contribution in [0.4, 0.5) is 17.1 Å². The highest BCUT2D eigenvalue weighted by Gasteiger charge is 2.17. The van der Waals surface area contributed by atoms with Gasteiger partial charge in [0.1, 0.15) is 0 Å². The molecule has 18 heavy (non-hydrogen) atoms. The van der Waals surface area contributed by atoms with Crippen molar-refractivity contribution in [3.05, 3.63) is 54.1 Å². The normalized spacial score (nSPS) is 15.0. The number of rotatable bonds is 1. The molecule has 0 atom stereocenters. The van der Waals surface area contributed by atoms with Gasteiger partial charge in [-0.2, -0.15) is 0 Å². The molecule has 0 saturated carbocycles. The Morgan fingerprint density at radius 3 is 2.39 bits per heavy atom. The van der Waals surface area contributed by atoms with Gasteiger partial charge in [0.2, 0.25) is 0 Å². The van der Waals surface area contributed by atoms with Gasteiger partial charge in [-0.25, -0.2) is 0 Å². The zero-order chi connectivity index (χ0) is 12.4. The standard InChI is InChI=1S/C16H18N2/c17-14-9-2-4-11-16(14)18-12-6-5-8-13-7-1-3-10-15(13)18/h1-4,7,9-11H,5-6,8,12,17H2. The molecule has 0 fully saturated rings. The van der Waals surface area contributed by atoms with Crippen LogP contribution in [0.5, 0.6) is 0 Å². The van der Waals surface area contributed by atoms with E-state index in [0.717, 1.165) is 17.9 Å². The lowest BCUT2D eigenvalue weighted by molar-refractivity contribution is 0.761. The molecule has 2 nitrogen and oxygen atoms in total. The highest BCUT2D eigenvalue weighted by Crippen LogP contribution is 2.35. The van der Waals surface area contributed by atoms with Crippen LogP contribution in [0.15, 0.2) is 48.5 Å². The van der Waals surface area contributed by atoms with Crippen LogP contribution in [0.2, 0.25) is 0 Å². The quantitative estimate of drug-likeness (QED) is 0.767. The summed E-state index contributed by atoms with van der Waals surface area (Å²) in [5.41, 5.74) is 10.8. The van der Waals surface area contributed by atoms with Crippen molar-refractivity contribution in [2.24, 2.45) is 0 Å². The van der Waals surface area contributed by atoms with Crippen LogP contribution in [0.3, 0.4) is 0 Å². The minimum absolute atomic E-state index is 0.856. The van der Waals surface area contributed by atoms with E-state index >= 15 is 0 Å². The third-order valence-corrected chi connectivity index (χ3v) is 3.59. The maximum atomic E-state index is 6.12. The number of benzene rings is 2. The highest BCUT2D eigenvalue weighted by atomic mass is 15.1. The molecular formula is C16H18N2. The second-order valence-electron chi connectivity index (χ2n) is 4.80. The second-order valence-corrected chi connectivity index (χ2v) is 4.80. The van der Waals surface area contributed by atoms with E-state index in [0.29, 0.717) is 0 Å². The molecule has 0 bridgehead atoms. The topological polar surface area (TPSA) is 29.3 Å². The predicted octanol–water partition coefficient (Wildman–Crippen LogP) is 3.74. The van der Waals surface area contributed by atoms with Crippen LogP contribution in [-0.4, -0.2) is 6.54 Å². The molecule has 92 valence electrons. The van der Waals surface area contributed by atoms with Crippen molar-refractivity contribution in [2.45, 2.75) is 19.3 Å². The van der Waals surface area contributed by atoms with Crippen molar-refractivity contribution in [2.75, 3.05) is 17.2 Å². The van der Waals surface area contributed by atoms with Crippen molar-refractivity contribution in [3.63, 3.8) is 0 Å². The van der Waals surface area contributed by atoms with Gasteiger partial charge < -0.3 is 10.6 Å². The highest BCUT2D eigenvalue weighted by molar-refractivity contribution is 5.76. The number of fused-ring (bicyclic) bond motifs is 1. The fraction of sp³-hybridized carbons (Fsp3) is 0.250. The van der Waals surface area contributed by atoms with E-state index in [2.05, 4.69) is 41.3 Å². The maximum Gasteiger partial charge on any atom is 0.0644 e. The Morgan fingerprint density at radius 1 is 0.833 bits per heavy atom. The first-order valence-electron chi connectivity index (χ1n) is 6.56. The van der Waals surface area contributed by atoms with E-state index in [-0.39, 0.29) is 0 Å². The van der Waals surface area contributed by atoms with Gasteiger partial charge in [-0.1, -0.05) is 30.3 Å². The smallest absolute Gasteiger partial charge is 0.0644 e. The van der Waals surface area contributed by atoms with Gasteiger partial charge >= 0.3 is 0 Å². The van der Waals surface area contributed by atoms with Gasteiger partial charge in [0.15, 0.2) is 0 Å². The molecule has 0 saturated heterocycles. The van der Waals surface area contributed by atoms with Gasteiger partial charge in [0, 0.05) is 12.2 Å². The minimum Gasteiger partial charge on any atom is -0.397 e. The molecule has 1 heterocycles. The molecule has 0 aromatic heterocycles. The first-order valence-corrected chi connectivity index (χ1v) is 6.56. The fourth-order valence-electron chi connectivity index (χ4n) is 2.67. The summed E-state index contributed by atoms with van der Waals surface area (Å²) in [5.74, 6) is 0. The Balaban J connectivity index is 2.10. The average Bonchev–Trinajstić information content (AvgIpc) is 2.62. The van der Waals surface area contributed by atoms with Crippen LogP contribution in [0.1, 0.15) is 18.4 Å². The Morgan fingerprint density at radius 2 is 1.56 bits per heavy atom. The molecule has 0 amide bonds. The van der Waals surface area contributed by atoms with Crippen molar-refractivity contribution < 1.29 is 0 Å². The van der Waals surface area contributed by atoms with Crippen molar-refractivity contribution in [1.29, 1.82) is 0 Å². The number of hydrogen-bond acceptors (Lipinski definition) is 2. The molecule has 3 rings (SSSR count). The monoisotopic (exact) mass is 238 g/mol. The average molecular weight is 238 g/mol. The number of para-hydroxylation sites is 3. The molecule has 2 aromatic carbocycles. The van der Waals surface area contributed by atoms with Crippen molar-refractivity contribution in [3.8, 4) is 0 Å². The summed E-state index contributed by atoms with van der Waals surface area (Å²) in [5, 5.41) is 0. The Labute approximate surface area is 108 Å². The molecule has 0 unspecified atom stereocenters. The summed E-state index contributed by atoms with van der Waals surface area (Å²) >= 11 is 0. The van der Waals surface area contributed by atoms with E-state index < -0.39 is 0 Å². The predicted molar refractivity (Wildman–Crippen MR) is 77.2 cm³/mol. The van der Waals surface area contributed by atoms with Gasteiger partial charge in [-0.3, -0.25) is 0 Å². The van der Waals surface area contributed by atoms with Crippen molar-refractivity contribution in [1.82, 2.24) is 0 Å². The van der Waals surface area contributed by atoms with Crippen LogP contribution < -0.4 is 10.6 Å². The van der Waals surface area contributed by atoms with Crippen LogP contribution >= 0.6 is 0 Å². The summed E-state index contributed by atoms with van der Waals surface area (Å²) in [6.45, 7) is 1.05. The first kappa shape index (κ1) is 11.1. The second kappa shape index (κ2) is 4.73. The minimum atomic E-state index is 0.856. The summed E-state index contributed by atoms with van der Waals surface area (Å²) in [7, 11) is 0. The fourth-order valence-corrected chi connectivity index (χ4v) is 2.67. The molecule has 2 N–H and O–H groups in total. The molecular weight excluding hydrogens is 220 g/mol. The van der Waals surface area contributed by atoms with Crippen molar-refractivity contribution >= 4 is 17.1 Å². The lowest BCUT2D eigenvalue weighted by Crippen LogP contribution is -2.19. The number of anilines is 3. The molecule has 2 heteroatoms. The zero-order valence-electron chi connectivity index (χ0n) is 10.5. The lowest BCUT2D eigenvalue weighted by atomic mass is 10.1. The molecule has 0 radical (unpaired) electrons. The Bertz CT molecular complexity index is 548. The summed E-state index contributed by atoms with van der Waals surface area (Å²) in [4.78, 5) is 2.36. The number of nitrogens with two attached hydrogens (primary N) is 1. The molecule has 0 aliphatic carbocycles. The first-order chi connectivity index (χ1) is 8.86. The van der Waals surface area contributed by atoms with E-state index in [1.54, 1.807) is 0 Å². The van der Waals surface area contributed by atoms with Crippen LogP contribution in [-0.2, 0) is 6.42 Å². The van der Waals surface area contributed by atoms with E-state index in [1.807, 2.05) is 12.1 Å².